The number of benzene rings is 1. The highest BCUT2D eigenvalue weighted by Crippen LogP contribution is 2.50. The van der Waals surface area contributed by atoms with Crippen LogP contribution in [0.2, 0.25) is 0 Å². The Morgan fingerprint density at radius 2 is 2.06 bits per heavy atom. The fraction of sp³-hybridized carbons (Fsp3) is 0.571. The van der Waals surface area contributed by atoms with Crippen LogP contribution in [0, 0.1) is 0 Å². The average Bonchev–Trinajstić information content (AvgIpc) is 2.95. The van der Waals surface area contributed by atoms with Gasteiger partial charge in [0, 0.05) is 17.9 Å². The van der Waals surface area contributed by atoms with Crippen LogP contribution in [-0.4, -0.2) is 12.0 Å². The van der Waals surface area contributed by atoms with Gasteiger partial charge < -0.3 is 5.73 Å². The molecule has 3 heteroatoms. The van der Waals surface area contributed by atoms with E-state index in [9.17, 15) is 8.78 Å². The van der Waals surface area contributed by atoms with E-state index in [1.54, 1.807) is 6.07 Å². The first kappa shape index (κ1) is 12.5. The molecule has 0 aliphatic heterocycles. The number of hydrogen-bond donors (Lipinski definition) is 1. The van der Waals surface area contributed by atoms with Crippen molar-refractivity contribution < 1.29 is 8.78 Å². The molecular weight excluding hydrogens is 220 g/mol. The Kier molecular flexibility index (Phi) is 2.98. The summed E-state index contributed by atoms with van der Waals surface area (Å²) in [4.78, 5) is 0. The van der Waals surface area contributed by atoms with Crippen LogP contribution in [0.5, 0.6) is 0 Å². The molecule has 94 valence electrons. The van der Waals surface area contributed by atoms with Gasteiger partial charge in [0.25, 0.3) is 0 Å². The second-order valence-electron chi connectivity index (χ2n) is 5.39. The van der Waals surface area contributed by atoms with Gasteiger partial charge in [0.05, 0.1) is 0 Å². The van der Waals surface area contributed by atoms with Crippen LogP contribution in [0.25, 0.3) is 0 Å². The van der Waals surface area contributed by atoms with Gasteiger partial charge in [0.15, 0.2) is 0 Å². The molecule has 0 spiro atoms. The van der Waals surface area contributed by atoms with Crippen LogP contribution < -0.4 is 5.73 Å². The number of alkyl halides is 2. The van der Waals surface area contributed by atoms with Crippen molar-refractivity contribution in [1.29, 1.82) is 0 Å². The number of rotatable bonds is 4. The normalized spacial score (nSPS) is 20.1. The zero-order valence-corrected chi connectivity index (χ0v) is 10.3. The predicted octanol–water partition coefficient (Wildman–Crippen LogP) is 3.26. The molecule has 1 atom stereocenters. The van der Waals surface area contributed by atoms with Gasteiger partial charge in [-0.3, -0.25) is 0 Å². The second kappa shape index (κ2) is 4.05. The molecule has 0 heterocycles. The summed E-state index contributed by atoms with van der Waals surface area (Å²) in [7, 11) is 0. The number of hydrogen-bond acceptors (Lipinski definition) is 1. The van der Waals surface area contributed by atoms with Crippen molar-refractivity contribution in [2.75, 3.05) is 0 Å². The first-order chi connectivity index (χ1) is 7.83. The lowest BCUT2D eigenvalue weighted by Crippen LogP contribution is -2.31. The first-order valence-corrected chi connectivity index (χ1v) is 6.06. The van der Waals surface area contributed by atoms with Gasteiger partial charge in [-0.2, -0.15) is 0 Å². The van der Waals surface area contributed by atoms with E-state index >= 15 is 0 Å². The van der Waals surface area contributed by atoms with Gasteiger partial charge in [-0.25, -0.2) is 8.78 Å². The standard InChI is InChI=1S/C14H19F2N/c1-10(17)14(6-7-14)12-5-3-4-11(8-12)9-13(2,15)16/h3-5,8,10H,6-7,9,17H2,1-2H3. The lowest BCUT2D eigenvalue weighted by atomic mass is 9.88. The molecule has 1 saturated carbocycles. The van der Waals surface area contributed by atoms with Gasteiger partial charge in [-0.15, -0.1) is 0 Å². The SMILES string of the molecule is CC(N)C1(c2cccc(CC(C)(F)F)c2)CC1. The third-order valence-electron chi connectivity index (χ3n) is 3.68. The molecule has 1 aliphatic carbocycles. The fourth-order valence-electron chi connectivity index (χ4n) is 2.49. The molecule has 0 amide bonds. The lowest BCUT2D eigenvalue weighted by Gasteiger charge is -2.21. The van der Waals surface area contributed by atoms with Crippen LogP contribution >= 0.6 is 0 Å². The summed E-state index contributed by atoms with van der Waals surface area (Å²) >= 11 is 0. The molecule has 1 nitrogen and oxygen atoms in total. The number of nitrogens with two attached hydrogens (primary N) is 1. The topological polar surface area (TPSA) is 26.0 Å². The summed E-state index contributed by atoms with van der Waals surface area (Å²) in [6, 6.07) is 7.61. The van der Waals surface area contributed by atoms with E-state index in [0.717, 1.165) is 25.3 Å². The Morgan fingerprint density at radius 3 is 2.53 bits per heavy atom. The van der Waals surface area contributed by atoms with E-state index in [2.05, 4.69) is 0 Å². The maximum atomic E-state index is 13.0. The van der Waals surface area contributed by atoms with E-state index in [-0.39, 0.29) is 17.9 Å². The molecule has 0 radical (unpaired) electrons. The van der Waals surface area contributed by atoms with Gasteiger partial charge in [-0.1, -0.05) is 24.3 Å². The quantitative estimate of drug-likeness (QED) is 0.857. The summed E-state index contributed by atoms with van der Waals surface area (Å²) in [5.41, 5.74) is 7.85. The Bertz CT molecular complexity index is 403. The van der Waals surface area contributed by atoms with Gasteiger partial charge in [-0.05, 0) is 37.8 Å². The highest BCUT2D eigenvalue weighted by atomic mass is 19.3. The molecule has 2 N–H and O–H groups in total. The van der Waals surface area contributed by atoms with Crippen molar-refractivity contribution in [2.45, 2.75) is 50.5 Å². The third kappa shape index (κ3) is 2.65. The van der Waals surface area contributed by atoms with Crippen LogP contribution in [0.4, 0.5) is 8.78 Å². The molecule has 1 aromatic carbocycles. The smallest absolute Gasteiger partial charge is 0.249 e. The van der Waals surface area contributed by atoms with Crippen molar-refractivity contribution in [3.63, 3.8) is 0 Å². The fourth-order valence-corrected chi connectivity index (χ4v) is 2.49. The highest BCUT2D eigenvalue weighted by Gasteiger charge is 2.47. The average molecular weight is 239 g/mol. The largest absolute Gasteiger partial charge is 0.327 e. The number of halogens is 2. The van der Waals surface area contributed by atoms with Crippen LogP contribution in [-0.2, 0) is 11.8 Å². The van der Waals surface area contributed by atoms with Crippen molar-refractivity contribution in [2.24, 2.45) is 5.73 Å². The zero-order valence-electron chi connectivity index (χ0n) is 10.3. The summed E-state index contributed by atoms with van der Waals surface area (Å²) in [5.74, 6) is -2.65. The molecule has 1 unspecified atom stereocenters. The molecule has 1 fully saturated rings. The molecule has 2 rings (SSSR count). The minimum Gasteiger partial charge on any atom is -0.327 e. The molecule has 0 aromatic heterocycles. The van der Waals surface area contributed by atoms with Crippen molar-refractivity contribution in [1.82, 2.24) is 0 Å². The van der Waals surface area contributed by atoms with Crippen LogP contribution in [0.15, 0.2) is 24.3 Å². The van der Waals surface area contributed by atoms with Crippen LogP contribution in [0.1, 0.15) is 37.8 Å². The van der Waals surface area contributed by atoms with Crippen molar-refractivity contribution in [3.8, 4) is 0 Å². The summed E-state index contributed by atoms with van der Waals surface area (Å²) in [5, 5.41) is 0. The molecule has 0 bridgehead atoms. The van der Waals surface area contributed by atoms with Crippen molar-refractivity contribution in [3.05, 3.63) is 35.4 Å². The highest BCUT2D eigenvalue weighted by molar-refractivity contribution is 5.36. The Hall–Kier alpha value is -0.960. The van der Waals surface area contributed by atoms with E-state index in [1.807, 2.05) is 25.1 Å². The summed E-state index contributed by atoms with van der Waals surface area (Å²) < 4.78 is 26.0. The minimum absolute atomic E-state index is 0.0407. The first-order valence-electron chi connectivity index (χ1n) is 6.06. The molecular formula is C14H19F2N. The lowest BCUT2D eigenvalue weighted by molar-refractivity contribution is 0.0226. The monoisotopic (exact) mass is 239 g/mol. The Morgan fingerprint density at radius 1 is 1.41 bits per heavy atom. The summed E-state index contributed by atoms with van der Waals surface area (Å²) in [6.45, 7) is 2.95. The van der Waals surface area contributed by atoms with Gasteiger partial charge >= 0.3 is 0 Å². The van der Waals surface area contributed by atoms with Crippen LogP contribution in [0.3, 0.4) is 0 Å². The molecule has 17 heavy (non-hydrogen) atoms. The molecule has 0 saturated heterocycles. The maximum Gasteiger partial charge on any atom is 0.249 e. The van der Waals surface area contributed by atoms with E-state index < -0.39 is 5.92 Å². The minimum atomic E-state index is -2.65. The Balaban J connectivity index is 2.24. The third-order valence-corrected chi connectivity index (χ3v) is 3.68. The van der Waals surface area contributed by atoms with E-state index in [4.69, 9.17) is 5.73 Å². The van der Waals surface area contributed by atoms with E-state index in [1.165, 1.54) is 0 Å². The second-order valence-corrected chi connectivity index (χ2v) is 5.39. The predicted molar refractivity (Wildman–Crippen MR) is 65.3 cm³/mol. The Labute approximate surface area is 101 Å². The molecule has 1 aromatic rings. The van der Waals surface area contributed by atoms with Gasteiger partial charge in [0.1, 0.15) is 0 Å². The zero-order chi connectivity index (χ0) is 12.7. The van der Waals surface area contributed by atoms with E-state index in [0.29, 0.717) is 5.56 Å². The maximum absolute atomic E-state index is 13.0. The summed E-state index contributed by atoms with van der Waals surface area (Å²) in [6.07, 6.45) is 1.93. The van der Waals surface area contributed by atoms with Gasteiger partial charge in [0.2, 0.25) is 5.92 Å². The van der Waals surface area contributed by atoms with Crippen molar-refractivity contribution >= 4 is 0 Å². The molecule has 1 aliphatic rings.